The Balaban J connectivity index is 2.82. The van der Waals surface area contributed by atoms with Crippen LogP contribution in [0, 0.1) is 5.41 Å². The summed E-state index contributed by atoms with van der Waals surface area (Å²) >= 11 is 0. The fourth-order valence-electron chi connectivity index (χ4n) is 1.29. The van der Waals surface area contributed by atoms with Crippen LogP contribution < -0.4 is 11.1 Å². The van der Waals surface area contributed by atoms with E-state index in [0.717, 1.165) is 6.26 Å². The molecule has 0 saturated heterocycles. The van der Waals surface area contributed by atoms with Gasteiger partial charge in [-0.05, 0) is 17.5 Å². The van der Waals surface area contributed by atoms with Crippen LogP contribution in [0.25, 0.3) is 0 Å². The Bertz CT molecular complexity index is 559. The topological polar surface area (TPSA) is 102 Å². The van der Waals surface area contributed by atoms with Crippen LogP contribution in [0.1, 0.15) is 20.8 Å². The SMILES string of the molecule is CC(C)(C)[C@@H](N)C(=O)Nc1ccc(S(C)(=O)=O)nc1. The molecule has 7 heteroatoms. The van der Waals surface area contributed by atoms with E-state index in [4.69, 9.17) is 5.73 Å². The van der Waals surface area contributed by atoms with Crippen molar-refractivity contribution in [1.82, 2.24) is 4.98 Å². The van der Waals surface area contributed by atoms with Gasteiger partial charge in [-0.25, -0.2) is 13.4 Å². The molecule has 1 heterocycles. The van der Waals surface area contributed by atoms with Crippen LogP contribution in [0.15, 0.2) is 23.4 Å². The molecule has 1 amide bonds. The Morgan fingerprint density at radius 2 is 1.95 bits per heavy atom. The second kappa shape index (κ2) is 5.26. The first-order valence-electron chi connectivity index (χ1n) is 5.74. The fourth-order valence-corrected chi connectivity index (χ4v) is 1.85. The van der Waals surface area contributed by atoms with Gasteiger partial charge in [0.25, 0.3) is 0 Å². The minimum absolute atomic E-state index is 0.0365. The van der Waals surface area contributed by atoms with Crippen molar-refractivity contribution in [2.45, 2.75) is 31.8 Å². The van der Waals surface area contributed by atoms with E-state index in [1.54, 1.807) is 0 Å². The lowest BCUT2D eigenvalue weighted by Crippen LogP contribution is -2.45. The average Bonchev–Trinajstić information content (AvgIpc) is 2.26. The molecule has 1 rings (SSSR count). The molecule has 0 aromatic carbocycles. The summed E-state index contributed by atoms with van der Waals surface area (Å²) in [5.41, 5.74) is 5.87. The molecule has 1 aromatic rings. The molecular weight excluding hydrogens is 266 g/mol. The van der Waals surface area contributed by atoms with E-state index in [1.165, 1.54) is 18.3 Å². The van der Waals surface area contributed by atoms with Crippen LogP contribution in [0.2, 0.25) is 0 Å². The summed E-state index contributed by atoms with van der Waals surface area (Å²) in [6.45, 7) is 5.59. The summed E-state index contributed by atoms with van der Waals surface area (Å²) in [7, 11) is -3.34. The molecule has 0 aliphatic rings. The molecule has 0 bridgehead atoms. The van der Waals surface area contributed by atoms with Gasteiger partial charge < -0.3 is 11.1 Å². The Labute approximate surface area is 113 Å². The van der Waals surface area contributed by atoms with E-state index in [1.807, 2.05) is 20.8 Å². The quantitative estimate of drug-likeness (QED) is 0.855. The molecule has 106 valence electrons. The Hall–Kier alpha value is -1.47. The van der Waals surface area contributed by atoms with Gasteiger partial charge in [-0.1, -0.05) is 20.8 Å². The Morgan fingerprint density at radius 3 is 2.32 bits per heavy atom. The van der Waals surface area contributed by atoms with Crippen LogP contribution in [0.3, 0.4) is 0 Å². The molecule has 1 aromatic heterocycles. The first-order chi connectivity index (χ1) is 8.51. The molecular formula is C12H19N3O3S. The highest BCUT2D eigenvalue weighted by Crippen LogP contribution is 2.19. The van der Waals surface area contributed by atoms with Gasteiger partial charge in [0.15, 0.2) is 14.9 Å². The molecule has 0 aliphatic heterocycles. The van der Waals surface area contributed by atoms with Crippen LogP contribution in [0.4, 0.5) is 5.69 Å². The summed E-state index contributed by atoms with van der Waals surface area (Å²) in [4.78, 5) is 15.6. The lowest BCUT2D eigenvalue weighted by atomic mass is 9.87. The van der Waals surface area contributed by atoms with E-state index >= 15 is 0 Å². The van der Waals surface area contributed by atoms with E-state index in [2.05, 4.69) is 10.3 Å². The van der Waals surface area contributed by atoms with Crippen molar-refractivity contribution in [3.63, 3.8) is 0 Å². The third kappa shape index (κ3) is 4.29. The van der Waals surface area contributed by atoms with E-state index in [-0.39, 0.29) is 16.3 Å². The largest absolute Gasteiger partial charge is 0.323 e. The average molecular weight is 285 g/mol. The summed E-state index contributed by atoms with van der Waals surface area (Å²) in [5, 5.41) is 2.57. The first-order valence-corrected chi connectivity index (χ1v) is 7.63. The molecule has 19 heavy (non-hydrogen) atoms. The number of pyridine rings is 1. The standard InChI is InChI=1S/C12H19N3O3S/c1-12(2,3)10(13)11(16)15-8-5-6-9(14-7-8)19(4,17)18/h5-7,10H,13H2,1-4H3,(H,15,16)/t10-/m0/s1. The zero-order chi connectivity index (χ0) is 14.8. The summed E-state index contributed by atoms with van der Waals surface area (Å²) in [5.74, 6) is -0.332. The minimum Gasteiger partial charge on any atom is -0.323 e. The molecule has 1 atom stereocenters. The number of aromatic nitrogens is 1. The summed E-state index contributed by atoms with van der Waals surface area (Å²) in [6, 6.07) is 2.16. The lowest BCUT2D eigenvalue weighted by Gasteiger charge is -2.25. The van der Waals surface area contributed by atoms with Crippen molar-refractivity contribution < 1.29 is 13.2 Å². The molecule has 0 fully saturated rings. The van der Waals surface area contributed by atoms with Crippen LogP contribution >= 0.6 is 0 Å². The van der Waals surface area contributed by atoms with Crippen molar-refractivity contribution in [2.75, 3.05) is 11.6 Å². The van der Waals surface area contributed by atoms with Gasteiger partial charge >= 0.3 is 0 Å². The number of hydrogen-bond donors (Lipinski definition) is 2. The molecule has 0 spiro atoms. The number of nitrogens with two attached hydrogens (primary N) is 1. The van der Waals surface area contributed by atoms with Crippen LogP contribution in [-0.2, 0) is 14.6 Å². The highest BCUT2D eigenvalue weighted by Gasteiger charge is 2.27. The van der Waals surface area contributed by atoms with Gasteiger partial charge in [0.05, 0.1) is 17.9 Å². The van der Waals surface area contributed by atoms with Crippen LogP contribution in [0.5, 0.6) is 0 Å². The highest BCUT2D eigenvalue weighted by molar-refractivity contribution is 7.90. The van der Waals surface area contributed by atoms with Gasteiger partial charge in [0.2, 0.25) is 5.91 Å². The Morgan fingerprint density at radius 1 is 1.37 bits per heavy atom. The number of hydrogen-bond acceptors (Lipinski definition) is 5. The van der Waals surface area contributed by atoms with Gasteiger partial charge in [-0.15, -0.1) is 0 Å². The molecule has 6 nitrogen and oxygen atoms in total. The number of amides is 1. The van der Waals surface area contributed by atoms with Gasteiger partial charge in [-0.3, -0.25) is 4.79 Å². The zero-order valence-corrected chi connectivity index (χ0v) is 12.3. The number of rotatable bonds is 3. The van der Waals surface area contributed by atoms with Crippen molar-refractivity contribution >= 4 is 21.4 Å². The smallest absolute Gasteiger partial charge is 0.241 e. The molecule has 0 aliphatic carbocycles. The highest BCUT2D eigenvalue weighted by atomic mass is 32.2. The van der Waals surface area contributed by atoms with Crippen molar-refractivity contribution in [1.29, 1.82) is 0 Å². The van der Waals surface area contributed by atoms with E-state index in [0.29, 0.717) is 5.69 Å². The lowest BCUT2D eigenvalue weighted by molar-refractivity contribution is -0.119. The number of nitrogens with zero attached hydrogens (tertiary/aromatic N) is 1. The van der Waals surface area contributed by atoms with Gasteiger partial charge in [0, 0.05) is 6.26 Å². The number of anilines is 1. The van der Waals surface area contributed by atoms with Crippen LogP contribution in [-0.4, -0.2) is 31.6 Å². The first kappa shape index (κ1) is 15.6. The fraction of sp³-hybridized carbons (Fsp3) is 0.500. The number of carbonyl (C=O) groups is 1. The maximum Gasteiger partial charge on any atom is 0.241 e. The maximum absolute atomic E-state index is 11.9. The monoisotopic (exact) mass is 285 g/mol. The summed E-state index contributed by atoms with van der Waals surface area (Å²) < 4.78 is 22.5. The van der Waals surface area contributed by atoms with Crippen molar-refractivity contribution in [2.24, 2.45) is 11.1 Å². The van der Waals surface area contributed by atoms with Crippen molar-refractivity contribution in [3.8, 4) is 0 Å². The molecule has 3 N–H and O–H groups in total. The Kier molecular flexibility index (Phi) is 4.32. The molecule has 0 radical (unpaired) electrons. The third-order valence-corrected chi connectivity index (χ3v) is 3.60. The molecule has 0 unspecified atom stereocenters. The van der Waals surface area contributed by atoms with E-state index in [9.17, 15) is 13.2 Å². The van der Waals surface area contributed by atoms with E-state index < -0.39 is 15.9 Å². The number of sulfone groups is 1. The second-order valence-electron chi connectivity index (χ2n) is 5.49. The predicted octanol–water partition coefficient (Wildman–Crippen LogP) is 0.797. The van der Waals surface area contributed by atoms with Crippen molar-refractivity contribution in [3.05, 3.63) is 18.3 Å². The minimum atomic E-state index is -3.34. The molecule has 0 saturated carbocycles. The maximum atomic E-state index is 11.9. The zero-order valence-electron chi connectivity index (χ0n) is 11.5. The second-order valence-corrected chi connectivity index (χ2v) is 7.45. The third-order valence-electron chi connectivity index (χ3n) is 2.60. The number of nitrogens with one attached hydrogen (secondary N) is 1. The number of carbonyl (C=O) groups excluding carboxylic acids is 1. The predicted molar refractivity (Wildman–Crippen MR) is 73.4 cm³/mol. The summed E-state index contributed by atoms with van der Waals surface area (Å²) in [6.07, 6.45) is 2.37. The van der Waals surface area contributed by atoms with Gasteiger partial charge in [0.1, 0.15) is 0 Å². The van der Waals surface area contributed by atoms with Gasteiger partial charge in [-0.2, -0.15) is 0 Å². The normalized spacial score (nSPS) is 13.9.